The van der Waals surface area contributed by atoms with Crippen LogP contribution >= 0.6 is 34.8 Å². The van der Waals surface area contributed by atoms with Crippen LogP contribution in [0.3, 0.4) is 0 Å². The molecule has 46 heavy (non-hydrogen) atoms. The predicted molar refractivity (Wildman–Crippen MR) is 186 cm³/mol. The number of carbonyl (C=O) groups excluding carboxylic acids is 2. The van der Waals surface area contributed by atoms with E-state index in [4.69, 9.17) is 34.8 Å². The Hall–Kier alpha value is -3.56. The molecule has 0 saturated carbocycles. The molecule has 0 aliphatic rings. The summed E-state index contributed by atoms with van der Waals surface area (Å²) in [5.74, 6) is -1.01. The van der Waals surface area contributed by atoms with E-state index in [0.29, 0.717) is 26.2 Å². The largest absolute Gasteiger partial charge is 0.350 e. The van der Waals surface area contributed by atoms with Crippen molar-refractivity contribution < 1.29 is 18.0 Å². The van der Waals surface area contributed by atoms with Gasteiger partial charge in [-0.05, 0) is 80.8 Å². The summed E-state index contributed by atoms with van der Waals surface area (Å²) in [6.07, 6.45) is 0.168. The van der Waals surface area contributed by atoms with Gasteiger partial charge in [0.05, 0.1) is 10.6 Å². The van der Waals surface area contributed by atoms with E-state index in [1.807, 2.05) is 51.1 Å². The van der Waals surface area contributed by atoms with E-state index in [0.717, 1.165) is 9.87 Å². The summed E-state index contributed by atoms with van der Waals surface area (Å²) < 4.78 is 29.4. The number of halogens is 3. The van der Waals surface area contributed by atoms with Crippen LogP contribution in [0.5, 0.6) is 0 Å². The smallest absolute Gasteiger partial charge is 0.264 e. The zero-order valence-corrected chi connectivity index (χ0v) is 29.1. The molecule has 0 aliphatic heterocycles. The number of nitrogens with one attached hydrogen (secondary N) is 1. The van der Waals surface area contributed by atoms with Crippen molar-refractivity contribution in [3.63, 3.8) is 0 Å². The zero-order chi connectivity index (χ0) is 33.6. The third kappa shape index (κ3) is 9.04. The summed E-state index contributed by atoms with van der Waals surface area (Å²) in [6, 6.07) is 25.9. The first-order valence-electron chi connectivity index (χ1n) is 14.6. The van der Waals surface area contributed by atoms with Crippen LogP contribution < -0.4 is 9.62 Å². The summed E-state index contributed by atoms with van der Waals surface area (Å²) in [7, 11) is -4.26. The molecule has 2 amide bonds. The standard InChI is InChI=1S/C35H36Cl3N3O4S/c1-24-15-17-28(37)21-31(24)41(46(44,45)29-13-9-6-10-14-29)23-33(42)40(22-26-16-18-27(36)20-30(26)38)32(34(43)39-35(2,3)4)19-25-11-7-5-8-12-25/h5-18,20-21,32H,19,22-23H2,1-4H3,(H,39,43)/t32-/m0/s1. The Bertz CT molecular complexity index is 1800. The van der Waals surface area contributed by atoms with E-state index in [1.54, 1.807) is 55.5 Å². The van der Waals surface area contributed by atoms with Crippen molar-refractivity contribution in [2.24, 2.45) is 0 Å². The maximum Gasteiger partial charge on any atom is 0.264 e. The molecular weight excluding hydrogens is 665 g/mol. The van der Waals surface area contributed by atoms with Gasteiger partial charge in [-0.25, -0.2) is 8.42 Å². The second kappa shape index (κ2) is 14.9. The quantitative estimate of drug-likeness (QED) is 0.174. The number of carbonyl (C=O) groups is 2. The highest BCUT2D eigenvalue weighted by Gasteiger charge is 2.36. The SMILES string of the molecule is Cc1ccc(Cl)cc1N(CC(=O)N(Cc1ccc(Cl)cc1Cl)[C@@H](Cc1ccccc1)C(=O)NC(C)(C)C)S(=O)(=O)c1ccccc1. The Labute approximate surface area is 286 Å². The number of rotatable bonds is 11. The highest BCUT2D eigenvalue weighted by atomic mass is 35.5. The number of hydrogen-bond acceptors (Lipinski definition) is 4. The fourth-order valence-electron chi connectivity index (χ4n) is 4.92. The molecule has 1 atom stereocenters. The molecule has 0 fully saturated rings. The fourth-order valence-corrected chi connectivity index (χ4v) is 7.05. The van der Waals surface area contributed by atoms with Crippen molar-refractivity contribution in [2.45, 2.75) is 57.1 Å². The normalized spacial score (nSPS) is 12.3. The molecule has 0 saturated heterocycles. The van der Waals surface area contributed by atoms with Gasteiger partial charge < -0.3 is 10.2 Å². The Morgan fingerprint density at radius 3 is 2.02 bits per heavy atom. The van der Waals surface area contributed by atoms with Gasteiger partial charge >= 0.3 is 0 Å². The second-order valence-corrected chi connectivity index (χ2v) is 15.1. The number of anilines is 1. The average molecular weight is 701 g/mol. The van der Waals surface area contributed by atoms with E-state index in [1.165, 1.54) is 23.1 Å². The number of sulfonamides is 1. The van der Waals surface area contributed by atoms with E-state index in [2.05, 4.69) is 5.32 Å². The van der Waals surface area contributed by atoms with Gasteiger partial charge in [-0.1, -0.05) is 95.5 Å². The van der Waals surface area contributed by atoms with Crippen LogP contribution in [-0.4, -0.2) is 43.3 Å². The van der Waals surface area contributed by atoms with Gasteiger partial charge in [0.15, 0.2) is 0 Å². The molecule has 0 aliphatic carbocycles. The summed E-state index contributed by atoms with van der Waals surface area (Å²) >= 11 is 19.1. The summed E-state index contributed by atoms with van der Waals surface area (Å²) in [5, 5.41) is 4.03. The molecule has 0 bridgehead atoms. The van der Waals surface area contributed by atoms with E-state index >= 15 is 0 Å². The second-order valence-electron chi connectivity index (χ2n) is 12.0. The Kier molecular flexibility index (Phi) is 11.4. The van der Waals surface area contributed by atoms with Crippen LogP contribution in [0, 0.1) is 6.92 Å². The summed E-state index contributed by atoms with van der Waals surface area (Å²) in [5.41, 5.74) is 1.58. The lowest BCUT2D eigenvalue weighted by molar-refractivity contribution is -0.140. The first kappa shape index (κ1) is 35.3. The summed E-state index contributed by atoms with van der Waals surface area (Å²) in [4.78, 5) is 30.0. The number of amides is 2. The van der Waals surface area contributed by atoms with Crippen molar-refractivity contribution in [3.8, 4) is 0 Å². The topological polar surface area (TPSA) is 86.8 Å². The van der Waals surface area contributed by atoms with Crippen LogP contribution in [0.2, 0.25) is 15.1 Å². The van der Waals surface area contributed by atoms with Gasteiger partial charge in [0.25, 0.3) is 10.0 Å². The maximum absolute atomic E-state index is 14.6. The van der Waals surface area contributed by atoms with E-state index < -0.39 is 40.0 Å². The molecule has 4 rings (SSSR count). The van der Waals surface area contributed by atoms with E-state index in [9.17, 15) is 18.0 Å². The van der Waals surface area contributed by atoms with Crippen LogP contribution in [-0.2, 0) is 32.6 Å². The molecule has 7 nitrogen and oxygen atoms in total. The minimum absolute atomic E-state index is 0.000724. The van der Waals surface area contributed by atoms with Crippen molar-refractivity contribution in [3.05, 3.63) is 129 Å². The molecule has 0 aromatic heterocycles. The maximum atomic E-state index is 14.6. The monoisotopic (exact) mass is 699 g/mol. The van der Waals surface area contributed by atoms with Gasteiger partial charge in [-0.2, -0.15) is 0 Å². The number of aryl methyl sites for hydroxylation is 1. The lowest BCUT2D eigenvalue weighted by atomic mass is 10.0. The highest BCUT2D eigenvalue weighted by Crippen LogP contribution is 2.31. The first-order chi connectivity index (χ1) is 21.7. The molecular formula is C35H36Cl3N3O4S. The first-order valence-corrected chi connectivity index (χ1v) is 17.2. The highest BCUT2D eigenvalue weighted by molar-refractivity contribution is 7.92. The lowest BCUT2D eigenvalue weighted by Gasteiger charge is -2.35. The van der Waals surface area contributed by atoms with Gasteiger partial charge in [0, 0.05) is 33.6 Å². The minimum atomic E-state index is -4.26. The van der Waals surface area contributed by atoms with Gasteiger partial charge in [-0.15, -0.1) is 0 Å². The molecule has 1 N–H and O–H groups in total. The van der Waals surface area contributed by atoms with E-state index in [-0.39, 0.29) is 23.5 Å². The molecule has 0 unspecified atom stereocenters. The third-order valence-electron chi connectivity index (χ3n) is 7.18. The van der Waals surface area contributed by atoms with Crippen LogP contribution in [0.25, 0.3) is 0 Å². The Morgan fingerprint density at radius 1 is 0.826 bits per heavy atom. The molecule has 0 spiro atoms. The molecule has 11 heteroatoms. The van der Waals surface area contributed by atoms with Gasteiger partial charge in [0.2, 0.25) is 11.8 Å². The Balaban J connectivity index is 1.86. The van der Waals surface area contributed by atoms with Crippen molar-refractivity contribution >= 4 is 62.3 Å². The van der Waals surface area contributed by atoms with Crippen LogP contribution in [0.15, 0.2) is 102 Å². The molecule has 0 radical (unpaired) electrons. The predicted octanol–water partition coefficient (Wildman–Crippen LogP) is 7.71. The number of hydrogen-bond donors (Lipinski definition) is 1. The third-order valence-corrected chi connectivity index (χ3v) is 9.77. The Morgan fingerprint density at radius 2 is 1.41 bits per heavy atom. The van der Waals surface area contributed by atoms with Gasteiger partial charge in [-0.3, -0.25) is 13.9 Å². The number of benzene rings is 4. The number of nitrogens with zero attached hydrogens (tertiary/aromatic N) is 2. The van der Waals surface area contributed by atoms with Crippen molar-refractivity contribution in [2.75, 3.05) is 10.8 Å². The zero-order valence-electron chi connectivity index (χ0n) is 26.0. The molecule has 242 valence electrons. The average Bonchev–Trinajstić information content (AvgIpc) is 3.00. The molecule has 4 aromatic carbocycles. The summed E-state index contributed by atoms with van der Waals surface area (Å²) in [6.45, 7) is 6.59. The van der Waals surface area contributed by atoms with Crippen molar-refractivity contribution in [1.82, 2.24) is 10.2 Å². The van der Waals surface area contributed by atoms with Gasteiger partial charge in [0.1, 0.15) is 12.6 Å². The molecule has 0 heterocycles. The van der Waals surface area contributed by atoms with Crippen molar-refractivity contribution in [1.29, 1.82) is 0 Å². The fraction of sp³-hybridized carbons (Fsp3) is 0.257. The lowest BCUT2D eigenvalue weighted by Crippen LogP contribution is -2.56. The van der Waals surface area contributed by atoms with Crippen LogP contribution in [0.1, 0.15) is 37.5 Å². The molecule has 4 aromatic rings. The minimum Gasteiger partial charge on any atom is -0.350 e. The van der Waals surface area contributed by atoms with Crippen LogP contribution in [0.4, 0.5) is 5.69 Å².